The number of carbonyl (C=O) groups is 1. The van der Waals surface area contributed by atoms with Gasteiger partial charge in [-0.05, 0) is 69.0 Å². The minimum absolute atomic E-state index is 0.0656. The van der Waals surface area contributed by atoms with Crippen LogP contribution >= 0.6 is 0 Å². The van der Waals surface area contributed by atoms with E-state index in [4.69, 9.17) is 0 Å². The van der Waals surface area contributed by atoms with Crippen LogP contribution in [0.15, 0.2) is 47.4 Å². The maximum Gasteiger partial charge on any atom is 0.264 e. The van der Waals surface area contributed by atoms with Crippen LogP contribution in [0.3, 0.4) is 0 Å². The van der Waals surface area contributed by atoms with Gasteiger partial charge in [0, 0.05) is 24.7 Å². The van der Waals surface area contributed by atoms with Crippen LogP contribution in [0.5, 0.6) is 0 Å². The van der Waals surface area contributed by atoms with Crippen molar-refractivity contribution in [1.29, 1.82) is 0 Å². The number of nitrogens with zero attached hydrogens (tertiary/aromatic N) is 2. The van der Waals surface area contributed by atoms with Gasteiger partial charge in [-0.25, -0.2) is 8.42 Å². The van der Waals surface area contributed by atoms with Crippen molar-refractivity contribution in [1.82, 2.24) is 0 Å². The maximum absolute atomic E-state index is 13.1. The van der Waals surface area contributed by atoms with Gasteiger partial charge in [0.2, 0.25) is 5.91 Å². The Morgan fingerprint density at radius 1 is 1.11 bits per heavy atom. The van der Waals surface area contributed by atoms with Gasteiger partial charge in [0.15, 0.2) is 0 Å². The number of carbonyl (C=O) groups excluding carboxylic acids is 1. The van der Waals surface area contributed by atoms with E-state index in [1.807, 2.05) is 30.9 Å². The van der Waals surface area contributed by atoms with Crippen LogP contribution in [-0.4, -0.2) is 27.4 Å². The van der Waals surface area contributed by atoms with Gasteiger partial charge < -0.3 is 4.90 Å². The summed E-state index contributed by atoms with van der Waals surface area (Å²) in [5.41, 5.74) is 3.50. The lowest BCUT2D eigenvalue weighted by Gasteiger charge is -2.32. The Kier molecular flexibility index (Phi) is 4.70. The molecule has 0 bridgehead atoms. The zero-order valence-electron chi connectivity index (χ0n) is 16.6. The fraction of sp³-hybridized carbons (Fsp3) is 0.409. The smallest absolute Gasteiger partial charge is 0.264 e. The second-order valence-corrected chi connectivity index (χ2v) is 9.96. The number of benzene rings is 2. The number of amides is 1. The average molecular weight is 399 g/mol. The van der Waals surface area contributed by atoms with Gasteiger partial charge in [-0.1, -0.05) is 24.1 Å². The molecule has 0 saturated heterocycles. The zero-order valence-corrected chi connectivity index (χ0v) is 17.4. The third kappa shape index (κ3) is 3.09. The molecule has 1 amide bonds. The van der Waals surface area contributed by atoms with Crippen LogP contribution in [0.25, 0.3) is 0 Å². The lowest BCUT2D eigenvalue weighted by atomic mass is 9.84. The highest BCUT2D eigenvalue weighted by atomic mass is 32.2. The van der Waals surface area contributed by atoms with Crippen LogP contribution in [-0.2, 0) is 21.2 Å². The molecule has 4 rings (SSSR count). The van der Waals surface area contributed by atoms with Crippen LogP contribution in [0.2, 0.25) is 0 Å². The number of anilines is 2. The molecule has 28 heavy (non-hydrogen) atoms. The number of fused-ring (bicyclic) bond motifs is 1. The van der Waals surface area contributed by atoms with Crippen LogP contribution in [0.1, 0.15) is 37.3 Å². The van der Waals surface area contributed by atoms with E-state index < -0.39 is 10.0 Å². The highest BCUT2D eigenvalue weighted by Crippen LogP contribution is 2.38. The number of hydrogen-bond donors (Lipinski definition) is 0. The molecule has 2 aromatic rings. The quantitative estimate of drug-likeness (QED) is 0.785. The molecule has 0 radical (unpaired) electrons. The first kappa shape index (κ1) is 19.0. The monoisotopic (exact) mass is 398 g/mol. The molecule has 2 aromatic carbocycles. The molecule has 6 heteroatoms. The molecule has 0 N–H and O–H groups in total. The van der Waals surface area contributed by atoms with E-state index in [2.05, 4.69) is 0 Å². The lowest BCUT2D eigenvalue weighted by Crippen LogP contribution is -2.42. The average Bonchev–Trinajstić information content (AvgIpc) is 2.95. The fourth-order valence-electron chi connectivity index (χ4n) is 4.01. The molecule has 0 unspecified atom stereocenters. The van der Waals surface area contributed by atoms with Gasteiger partial charge >= 0.3 is 0 Å². The molecule has 1 fully saturated rings. The van der Waals surface area contributed by atoms with Gasteiger partial charge in [0.1, 0.15) is 0 Å². The Labute approximate surface area is 167 Å². The van der Waals surface area contributed by atoms with E-state index in [-0.39, 0.29) is 22.8 Å². The van der Waals surface area contributed by atoms with Gasteiger partial charge in [-0.2, -0.15) is 0 Å². The first-order valence-electron chi connectivity index (χ1n) is 9.80. The molecule has 148 valence electrons. The number of sulfonamides is 1. The van der Waals surface area contributed by atoms with Crippen molar-refractivity contribution in [2.75, 3.05) is 16.3 Å². The van der Waals surface area contributed by atoms with Crippen LogP contribution < -0.4 is 9.21 Å². The van der Waals surface area contributed by atoms with Gasteiger partial charge in [-0.3, -0.25) is 9.10 Å². The maximum atomic E-state index is 13.1. The molecule has 1 heterocycles. The molecular formula is C22H26N2O3S. The van der Waals surface area contributed by atoms with Crippen molar-refractivity contribution in [2.24, 2.45) is 5.92 Å². The van der Waals surface area contributed by atoms with Crippen molar-refractivity contribution >= 4 is 27.3 Å². The van der Waals surface area contributed by atoms with E-state index in [0.717, 1.165) is 36.1 Å². The molecule has 1 aliphatic heterocycles. The molecular weight excluding hydrogens is 372 g/mol. The van der Waals surface area contributed by atoms with Crippen molar-refractivity contribution < 1.29 is 13.2 Å². The van der Waals surface area contributed by atoms with Crippen LogP contribution in [0.4, 0.5) is 11.4 Å². The second-order valence-electron chi connectivity index (χ2n) is 7.99. The minimum atomic E-state index is -3.66. The van der Waals surface area contributed by atoms with Gasteiger partial charge in [0.05, 0.1) is 10.6 Å². The summed E-state index contributed by atoms with van der Waals surface area (Å²) in [7, 11) is -2.09. The topological polar surface area (TPSA) is 57.7 Å². The highest BCUT2D eigenvalue weighted by Gasteiger charge is 2.37. The number of aryl methyl sites for hydroxylation is 1. The summed E-state index contributed by atoms with van der Waals surface area (Å²) in [6.07, 6.45) is 3.73. The minimum Gasteiger partial charge on any atom is -0.309 e. The SMILES string of the molecule is Cc1ccc(N(C)S(=O)(=O)c2ccc3c(c2)C[C@@H](C)N3C(=O)C2CCC2)cc1. The predicted octanol–water partition coefficient (Wildman–Crippen LogP) is 3.90. The lowest BCUT2D eigenvalue weighted by molar-refractivity contribution is -0.125. The molecule has 0 spiro atoms. The summed E-state index contributed by atoms with van der Waals surface area (Å²) in [6.45, 7) is 4.00. The summed E-state index contributed by atoms with van der Waals surface area (Å²) in [4.78, 5) is 14.9. The Hall–Kier alpha value is -2.34. The Balaban J connectivity index is 1.64. The number of rotatable bonds is 4. The third-order valence-electron chi connectivity index (χ3n) is 6.01. The van der Waals surface area contributed by atoms with E-state index in [9.17, 15) is 13.2 Å². The Bertz CT molecular complexity index is 1010. The summed E-state index contributed by atoms with van der Waals surface area (Å²) in [5.74, 6) is 0.314. The molecule has 5 nitrogen and oxygen atoms in total. The summed E-state index contributed by atoms with van der Waals surface area (Å²) >= 11 is 0. The van der Waals surface area contributed by atoms with Gasteiger partial charge in [0.25, 0.3) is 10.0 Å². The fourth-order valence-corrected chi connectivity index (χ4v) is 5.25. The molecule has 2 aliphatic rings. The molecule has 1 saturated carbocycles. The van der Waals surface area contributed by atoms with Crippen molar-refractivity contribution in [3.63, 3.8) is 0 Å². The Morgan fingerprint density at radius 2 is 1.79 bits per heavy atom. The largest absolute Gasteiger partial charge is 0.309 e. The van der Waals surface area contributed by atoms with Crippen molar-refractivity contribution in [3.8, 4) is 0 Å². The Morgan fingerprint density at radius 3 is 2.39 bits per heavy atom. The summed E-state index contributed by atoms with van der Waals surface area (Å²) in [5, 5.41) is 0. The third-order valence-corrected chi connectivity index (χ3v) is 7.80. The zero-order chi connectivity index (χ0) is 20.1. The summed E-state index contributed by atoms with van der Waals surface area (Å²) < 4.78 is 27.6. The molecule has 1 atom stereocenters. The predicted molar refractivity (Wildman–Crippen MR) is 111 cm³/mol. The van der Waals surface area contributed by atoms with Crippen molar-refractivity contribution in [3.05, 3.63) is 53.6 Å². The highest BCUT2D eigenvalue weighted by molar-refractivity contribution is 7.92. The summed E-state index contributed by atoms with van der Waals surface area (Å²) in [6, 6.07) is 12.6. The molecule has 0 aromatic heterocycles. The normalized spacial score (nSPS) is 19.2. The van der Waals surface area contributed by atoms with Crippen molar-refractivity contribution in [2.45, 2.75) is 50.5 Å². The molecule has 1 aliphatic carbocycles. The number of hydrogen-bond acceptors (Lipinski definition) is 3. The van der Waals surface area contributed by atoms with Gasteiger partial charge in [-0.15, -0.1) is 0 Å². The van der Waals surface area contributed by atoms with E-state index >= 15 is 0 Å². The van der Waals surface area contributed by atoms with E-state index in [1.54, 1.807) is 37.4 Å². The standard InChI is InChI=1S/C22H26N2O3S/c1-15-7-9-19(10-8-15)23(3)28(26,27)20-11-12-21-18(14-20)13-16(2)24(21)22(25)17-5-4-6-17/h7-12,14,16-17H,4-6,13H2,1-3H3/t16-/m1/s1. The van der Waals surface area contributed by atoms with Crippen LogP contribution in [0, 0.1) is 12.8 Å². The van der Waals surface area contributed by atoms with E-state index in [0.29, 0.717) is 12.1 Å². The van der Waals surface area contributed by atoms with E-state index in [1.165, 1.54) is 4.31 Å². The second kappa shape index (κ2) is 6.92. The first-order valence-corrected chi connectivity index (χ1v) is 11.2. The first-order chi connectivity index (χ1) is 13.3.